The van der Waals surface area contributed by atoms with Crippen LogP contribution in [0.4, 0.5) is 0 Å². The van der Waals surface area contributed by atoms with E-state index < -0.39 is 21.3 Å². The number of fused-ring (bicyclic) bond motifs is 3. The fraction of sp³-hybridized carbons (Fsp3) is 0.111. The van der Waals surface area contributed by atoms with Crippen LogP contribution in [0.2, 0.25) is 19.6 Å². The molecule has 0 unspecified atom stereocenters. The van der Waals surface area contributed by atoms with Crippen LogP contribution in [-0.2, 0) is 26.5 Å². The Labute approximate surface area is 316 Å². The third kappa shape index (κ3) is 7.92. The van der Waals surface area contributed by atoms with E-state index >= 15 is 0 Å². The number of benzene rings is 5. The first-order valence-corrected chi connectivity index (χ1v) is 19.7. The average molecular weight is 848 g/mol. The van der Waals surface area contributed by atoms with Gasteiger partial charge in [-0.3, -0.25) is 0 Å². The molecule has 5 aromatic carbocycles. The van der Waals surface area contributed by atoms with Gasteiger partial charge in [-0.05, 0) is 57.3 Å². The van der Waals surface area contributed by atoms with Gasteiger partial charge in [0.2, 0.25) is 0 Å². The Balaban J connectivity index is 0.000000211. The molecule has 0 bridgehead atoms. The Morgan fingerprint density at radius 1 is 0.720 bits per heavy atom. The summed E-state index contributed by atoms with van der Waals surface area (Å²) in [7, 11) is -1.34. The minimum Gasteiger partial charge on any atom is -0.501 e. The molecule has 0 atom stereocenters. The number of aromatic nitrogens is 2. The molecule has 0 saturated heterocycles. The van der Waals surface area contributed by atoms with Crippen molar-refractivity contribution in [3.05, 3.63) is 175 Å². The zero-order valence-electron chi connectivity index (χ0n) is 33.0. The van der Waals surface area contributed by atoms with Crippen LogP contribution < -0.4 is 5.19 Å². The van der Waals surface area contributed by atoms with E-state index in [1.807, 2.05) is 60.8 Å². The first kappa shape index (κ1) is 28.9. The summed E-state index contributed by atoms with van der Waals surface area (Å²) in [6.45, 7) is 4.76. The van der Waals surface area contributed by atoms with Gasteiger partial charge in [-0.25, -0.2) is 0 Å². The molecule has 3 aromatic heterocycles. The molecule has 0 N–H and O–H groups in total. The summed E-state index contributed by atoms with van der Waals surface area (Å²) in [4.78, 5) is 9.01. The largest absolute Gasteiger partial charge is 0.501 e. The second-order valence-electron chi connectivity index (χ2n) is 12.9. The van der Waals surface area contributed by atoms with E-state index in [0.29, 0.717) is 28.0 Å². The zero-order chi connectivity index (χ0) is 38.1. The van der Waals surface area contributed by atoms with Gasteiger partial charge in [0.25, 0.3) is 0 Å². The number of hydrogen-bond acceptors (Lipinski definition) is 3. The summed E-state index contributed by atoms with van der Waals surface area (Å²) in [6, 6.07) is 48.3. The SMILES string of the molecule is [2H]C([2H])([2H])c1c[c-]c(-c2ccc([Si](C)(C)C)cn2)cc1.[2H]C([2H])(c1ccccc1)c1ccnc(-c2[c-]ccc3c2oc2cc(-c4ccccc4)ccc23)c1.[Ir]. The summed E-state index contributed by atoms with van der Waals surface area (Å²) in [5.41, 5.74) is 8.17. The molecular weight excluding hydrogens is 805 g/mol. The molecule has 1 radical (unpaired) electrons. The van der Waals surface area contributed by atoms with Crippen LogP contribution in [0.25, 0.3) is 55.6 Å². The van der Waals surface area contributed by atoms with Crippen molar-refractivity contribution in [3.63, 3.8) is 0 Å². The van der Waals surface area contributed by atoms with Crippen molar-refractivity contribution in [2.75, 3.05) is 0 Å². The number of hydrogen-bond donors (Lipinski definition) is 0. The molecule has 50 heavy (non-hydrogen) atoms. The molecule has 0 amide bonds. The van der Waals surface area contributed by atoms with E-state index in [9.17, 15) is 0 Å². The van der Waals surface area contributed by atoms with Crippen LogP contribution in [0.3, 0.4) is 0 Å². The number of nitrogens with zero attached hydrogens (tertiary/aromatic N) is 2. The van der Waals surface area contributed by atoms with Gasteiger partial charge in [0.1, 0.15) is 5.58 Å². The average Bonchev–Trinajstić information content (AvgIpc) is 3.57. The molecule has 3 nitrogen and oxygen atoms in total. The van der Waals surface area contributed by atoms with E-state index in [1.54, 1.807) is 42.6 Å². The van der Waals surface area contributed by atoms with Gasteiger partial charge in [0.05, 0.1) is 13.7 Å². The van der Waals surface area contributed by atoms with Crippen molar-refractivity contribution in [1.82, 2.24) is 9.97 Å². The van der Waals surface area contributed by atoms with Gasteiger partial charge in [-0.1, -0.05) is 128 Å². The van der Waals surface area contributed by atoms with E-state index in [-0.39, 0.29) is 20.1 Å². The Morgan fingerprint density at radius 2 is 1.52 bits per heavy atom. The van der Waals surface area contributed by atoms with E-state index in [4.69, 9.17) is 11.3 Å². The van der Waals surface area contributed by atoms with Crippen LogP contribution in [0.15, 0.2) is 150 Å². The molecule has 3 heterocycles. The number of aryl methyl sites for hydroxylation is 1. The van der Waals surface area contributed by atoms with Crippen molar-refractivity contribution in [1.29, 1.82) is 0 Å². The molecule has 8 rings (SSSR count). The van der Waals surface area contributed by atoms with Crippen molar-refractivity contribution >= 4 is 35.2 Å². The molecule has 0 fully saturated rings. The normalized spacial score (nSPS) is 13.1. The van der Waals surface area contributed by atoms with Crippen molar-refractivity contribution < 1.29 is 31.4 Å². The Morgan fingerprint density at radius 3 is 2.22 bits per heavy atom. The molecule has 0 aliphatic carbocycles. The van der Waals surface area contributed by atoms with Crippen LogP contribution in [0.1, 0.15) is 23.5 Å². The minimum absolute atomic E-state index is 0. The first-order chi connectivity index (χ1) is 25.8. The summed E-state index contributed by atoms with van der Waals surface area (Å²) in [6.07, 6.45) is 1.92. The standard InChI is InChI=1S/C30H20NO.C15H18NSi.Ir/c1-3-8-21(9-4-1)18-22-16-17-31-28(19-22)27-13-7-12-26-25-15-14-24(20-29(25)32-30(26)27)23-10-5-2-6-11-23;1-12-5-7-13(8-6-12)15-10-9-14(11-16-15)17(2,3)4;/h1-12,14-17,19-20H,18H2;5-7,9-11H,1-4H3;/q2*-1;/i18D2;1D3;. The Hall–Kier alpha value is -4.93. The fourth-order valence-corrected chi connectivity index (χ4v) is 6.69. The predicted molar refractivity (Wildman–Crippen MR) is 207 cm³/mol. The second kappa shape index (κ2) is 15.3. The first-order valence-electron chi connectivity index (χ1n) is 18.7. The molecule has 0 spiro atoms. The molecule has 0 saturated carbocycles. The second-order valence-corrected chi connectivity index (χ2v) is 17.9. The summed E-state index contributed by atoms with van der Waals surface area (Å²) in [5.74, 6) is 0. The van der Waals surface area contributed by atoms with Crippen molar-refractivity contribution in [2.24, 2.45) is 0 Å². The Kier molecular flexibility index (Phi) is 8.84. The smallest absolute Gasteiger partial charge is 0.121 e. The topological polar surface area (TPSA) is 38.9 Å². The van der Waals surface area contributed by atoms with Crippen LogP contribution >= 0.6 is 0 Å². The summed E-state index contributed by atoms with van der Waals surface area (Å²) in [5, 5.41) is 3.32. The summed E-state index contributed by atoms with van der Waals surface area (Å²) >= 11 is 0. The van der Waals surface area contributed by atoms with E-state index in [0.717, 1.165) is 44.3 Å². The maximum atomic E-state index is 8.73. The fourth-order valence-electron chi connectivity index (χ4n) is 5.66. The minimum atomic E-state index is -2.08. The van der Waals surface area contributed by atoms with Crippen molar-refractivity contribution in [2.45, 2.75) is 32.9 Å². The van der Waals surface area contributed by atoms with Gasteiger partial charge >= 0.3 is 0 Å². The van der Waals surface area contributed by atoms with Gasteiger partial charge < -0.3 is 14.4 Å². The molecule has 249 valence electrons. The number of rotatable bonds is 6. The molecule has 5 heteroatoms. The number of furan rings is 1. The summed E-state index contributed by atoms with van der Waals surface area (Å²) < 4.78 is 45.8. The maximum absolute atomic E-state index is 8.73. The maximum Gasteiger partial charge on any atom is 0.121 e. The predicted octanol–water partition coefficient (Wildman–Crippen LogP) is 11.1. The third-order valence-electron chi connectivity index (χ3n) is 8.34. The van der Waals surface area contributed by atoms with Gasteiger partial charge in [-0.2, -0.15) is 0 Å². The molecule has 0 aliphatic heterocycles. The van der Waals surface area contributed by atoms with Gasteiger partial charge in [0.15, 0.2) is 0 Å². The van der Waals surface area contributed by atoms with E-state index in [2.05, 4.69) is 78.1 Å². The molecule has 8 aromatic rings. The van der Waals surface area contributed by atoms with Crippen LogP contribution in [0.5, 0.6) is 0 Å². The zero-order valence-corrected chi connectivity index (χ0v) is 31.4. The van der Waals surface area contributed by atoms with Crippen LogP contribution in [-0.4, -0.2) is 18.0 Å². The van der Waals surface area contributed by atoms with Gasteiger partial charge in [0, 0.05) is 44.7 Å². The Bertz CT molecular complexity index is 2480. The van der Waals surface area contributed by atoms with E-state index in [1.165, 1.54) is 11.3 Å². The molecular formula is C45H38IrN2OSi-2. The van der Waals surface area contributed by atoms with Crippen LogP contribution in [0, 0.1) is 19.0 Å². The third-order valence-corrected chi connectivity index (χ3v) is 10.4. The van der Waals surface area contributed by atoms with Gasteiger partial charge in [-0.15, -0.1) is 53.6 Å². The van der Waals surface area contributed by atoms with Crippen molar-refractivity contribution in [3.8, 4) is 33.6 Å². The monoisotopic (exact) mass is 848 g/mol. The quantitative estimate of drug-likeness (QED) is 0.124. The number of pyridine rings is 2. The molecule has 0 aliphatic rings.